The lowest BCUT2D eigenvalue weighted by molar-refractivity contribution is -0.153. The Morgan fingerprint density at radius 2 is 1.36 bits per heavy atom. The van der Waals surface area contributed by atoms with Gasteiger partial charge in [0.05, 0.1) is 6.61 Å². The molecule has 0 aromatic heterocycles. The summed E-state index contributed by atoms with van der Waals surface area (Å²) in [5, 5.41) is 1.33. The van der Waals surface area contributed by atoms with Crippen molar-refractivity contribution in [3.05, 3.63) is 107 Å². The van der Waals surface area contributed by atoms with Gasteiger partial charge in [-0.1, -0.05) is 61.9 Å². The minimum absolute atomic E-state index is 0.316. The molecule has 0 aliphatic heterocycles. The van der Waals surface area contributed by atoms with Crippen molar-refractivity contribution in [1.82, 2.24) is 0 Å². The fraction of sp³-hybridized carbons (Fsp3) is 0.312. The predicted molar refractivity (Wildman–Crippen MR) is 144 cm³/mol. The van der Waals surface area contributed by atoms with E-state index < -0.39 is 24.3 Å². The Bertz CT molecular complexity index is 1380. The first-order chi connectivity index (χ1) is 18.7. The third-order valence-electron chi connectivity index (χ3n) is 6.56. The fourth-order valence-corrected chi connectivity index (χ4v) is 4.37. The van der Waals surface area contributed by atoms with Crippen LogP contribution in [0.25, 0.3) is 10.8 Å². The van der Waals surface area contributed by atoms with Crippen LogP contribution in [0, 0.1) is 11.6 Å². The van der Waals surface area contributed by atoms with Gasteiger partial charge in [-0.2, -0.15) is 13.2 Å². The molecule has 0 unspecified atom stereocenters. The molecule has 206 valence electrons. The van der Waals surface area contributed by atoms with E-state index in [1.165, 1.54) is 17.7 Å². The van der Waals surface area contributed by atoms with E-state index in [-0.39, 0.29) is 5.82 Å². The first-order valence-electron chi connectivity index (χ1n) is 13.1. The van der Waals surface area contributed by atoms with Crippen molar-refractivity contribution in [3.8, 4) is 11.5 Å². The molecule has 0 aliphatic carbocycles. The van der Waals surface area contributed by atoms with Crippen molar-refractivity contribution in [3.63, 3.8) is 0 Å². The van der Waals surface area contributed by atoms with Gasteiger partial charge in [-0.05, 0) is 84.0 Å². The molecule has 0 atom stereocenters. The molecule has 0 saturated heterocycles. The Labute approximate surface area is 225 Å². The van der Waals surface area contributed by atoms with E-state index in [4.69, 9.17) is 4.74 Å². The number of hydrogen-bond acceptors (Lipinski definition) is 2. The third kappa shape index (κ3) is 8.19. The van der Waals surface area contributed by atoms with Crippen LogP contribution in [0.5, 0.6) is 11.5 Å². The molecule has 0 saturated carbocycles. The quantitative estimate of drug-likeness (QED) is 0.132. The number of fused-ring (bicyclic) bond motifs is 1. The summed E-state index contributed by atoms with van der Waals surface area (Å²) >= 11 is 0. The number of hydrogen-bond donors (Lipinski definition) is 0. The van der Waals surface area contributed by atoms with Crippen LogP contribution in [-0.2, 0) is 25.7 Å². The molecule has 0 fully saturated rings. The van der Waals surface area contributed by atoms with Gasteiger partial charge in [0.2, 0.25) is 0 Å². The molecule has 0 radical (unpaired) electrons. The molecule has 7 heteroatoms. The summed E-state index contributed by atoms with van der Waals surface area (Å²) in [5.41, 5.74) is 3.36. The maximum absolute atomic E-state index is 15.2. The second-order valence-electron chi connectivity index (χ2n) is 9.61. The Morgan fingerprint density at radius 3 is 2.08 bits per heavy atom. The van der Waals surface area contributed by atoms with Gasteiger partial charge < -0.3 is 9.47 Å². The Hall–Kier alpha value is -3.61. The number of unbranched alkanes of at least 4 members (excludes halogenated alkanes) is 1. The molecule has 0 aliphatic rings. The smallest absolute Gasteiger partial charge is 0.422 e. The summed E-state index contributed by atoms with van der Waals surface area (Å²) in [6, 6.07) is 21.3. The number of alkyl halides is 3. The first kappa shape index (κ1) is 28.4. The van der Waals surface area contributed by atoms with Crippen molar-refractivity contribution in [1.29, 1.82) is 0 Å². The Kier molecular flexibility index (Phi) is 9.44. The second-order valence-corrected chi connectivity index (χ2v) is 9.61. The minimum Gasteiger partial charge on any atom is -0.494 e. The highest BCUT2D eigenvalue weighted by Crippen LogP contribution is 2.26. The number of ether oxygens (including phenoxy) is 2. The first-order valence-corrected chi connectivity index (χ1v) is 13.1. The van der Waals surface area contributed by atoms with Crippen LogP contribution < -0.4 is 9.47 Å². The van der Waals surface area contributed by atoms with Gasteiger partial charge in [0.15, 0.2) is 18.2 Å². The van der Waals surface area contributed by atoms with E-state index in [1.54, 1.807) is 12.1 Å². The van der Waals surface area contributed by atoms with Crippen molar-refractivity contribution in [2.45, 2.75) is 51.6 Å². The van der Waals surface area contributed by atoms with Crippen molar-refractivity contribution in [2.24, 2.45) is 0 Å². The topological polar surface area (TPSA) is 18.5 Å². The molecule has 4 rings (SSSR count). The summed E-state index contributed by atoms with van der Waals surface area (Å²) in [6.07, 6.45) is -0.0770. The van der Waals surface area contributed by atoms with Gasteiger partial charge in [-0.3, -0.25) is 0 Å². The van der Waals surface area contributed by atoms with Crippen LogP contribution in [-0.4, -0.2) is 19.4 Å². The van der Waals surface area contributed by atoms with Crippen LogP contribution in [0.1, 0.15) is 42.0 Å². The monoisotopic (exact) mass is 542 g/mol. The molecule has 0 amide bonds. The van der Waals surface area contributed by atoms with Gasteiger partial charge in [-0.15, -0.1) is 0 Å². The van der Waals surface area contributed by atoms with E-state index in [2.05, 4.69) is 23.8 Å². The van der Waals surface area contributed by atoms with E-state index in [0.29, 0.717) is 29.4 Å². The van der Waals surface area contributed by atoms with Crippen LogP contribution in [0.4, 0.5) is 22.0 Å². The lowest BCUT2D eigenvalue weighted by Crippen LogP contribution is -2.19. The lowest BCUT2D eigenvalue weighted by Gasteiger charge is -2.11. The van der Waals surface area contributed by atoms with Crippen LogP contribution in [0.3, 0.4) is 0 Å². The molecule has 4 aromatic carbocycles. The minimum atomic E-state index is -4.55. The van der Waals surface area contributed by atoms with Gasteiger partial charge in [0.25, 0.3) is 0 Å². The maximum atomic E-state index is 15.2. The zero-order chi connectivity index (χ0) is 27.8. The van der Waals surface area contributed by atoms with Crippen molar-refractivity contribution >= 4 is 10.8 Å². The molecule has 0 bridgehead atoms. The summed E-state index contributed by atoms with van der Waals surface area (Å²) in [4.78, 5) is 0. The Morgan fingerprint density at radius 1 is 0.692 bits per heavy atom. The number of halogens is 5. The summed E-state index contributed by atoms with van der Waals surface area (Å²) in [7, 11) is 0. The average molecular weight is 543 g/mol. The SMILES string of the molecule is CCCCOc1ccc(CCc2ccc3c(F)c(CCc4ccc(OCC(F)(F)F)c(F)c4)ccc3c2)cc1. The molecule has 39 heavy (non-hydrogen) atoms. The van der Waals surface area contributed by atoms with Crippen molar-refractivity contribution < 1.29 is 31.4 Å². The summed E-state index contributed by atoms with van der Waals surface area (Å²) in [5.74, 6) is -0.777. The molecule has 4 aromatic rings. The number of benzene rings is 4. The zero-order valence-electron chi connectivity index (χ0n) is 21.8. The average Bonchev–Trinajstić information content (AvgIpc) is 2.91. The lowest BCUT2D eigenvalue weighted by atomic mass is 9.97. The standard InChI is InChI=1S/C32H31F5O2/c1-2-3-18-38-27-14-7-22(8-15-27)4-5-23-9-16-28-26(19-23)13-12-25(31(28)34)11-6-24-10-17-30(29(33)20-24)39-21-32(35,36)37/h7-10,12-17,19-20H,2-6,11,18,21H2,1H3. The molecular weight excluding hydrogens is 511 g/mol. The van der Waals surface area contributed by atoms with Crippen LogP contribution >= 0.6 is 0 Å². The third-order valence-corrected chi connectivity index (χ3v) is 6.56. The maximum Gasteiger partial charge on any atom is 0.422 e. The van der Waals surface area contributed by atoms with Crippen molar-refractivity contribution in [2.75, 3.05) is 13.2 Å². The van der Waals surface area contributed by atoms with Gasteiger partial charge >= 0.3 is 6.18 Å². The Balaban J connectivity index is 1.35. The highest BCUT2D eigenvalue weighted by atomic mass is 19.4. The molecule has 0 heterocycles. The highest BCUT2D eigenvalue weighted by molar-refractivity contribution is 5.84. The van der Waals surface area contributed by atoms with Gasteiger partial charge in [-0.25, -0.2) is 8.78 Å². The fourth-order valence-electron chi connectivity index (χ4n) is 4.37. The number of aryl methyl sites for hydroxylation is 4. The largest absolute Gasteiger partial charge is 0.494 e. The van der Waals surface area contributed by atoms with Crippen LogP contribution in [0.2, 0.25) is 0 Å². The van der Waals surface area contributed by atoms with E-state index in [9.17, 15) is 17.6 Å². The van der Waals surface area contributed by atoms with Gasteiger partial charge in [0.1, 0.15) is 11.6 Å². The normalized spacial score (nSPS) is 11.6. The van der Waals surface area contributed by atoms with Gasteiger partial charge in [0, 0.05) is 5.39 Å². The van der Waals surface area contributed by atoms with E-state index >= 15 is 4.39 Å². The molecule has 2 nitrogen and oxygen atoms in total. The molecule has 0 spiro atoms. The molecule has 0 N–H and O–H groups in total. The number of rotatable bonds is 12. The van der Waals surface area contributed by atoms with E-state index in [0.717, 1.165) is 55.1 Å². The highest BCUT2D eigenvalue weighted by Gasteiger charge is 2.29. The summed E-state index contributed by atoms with van der Waals surface area (Å²) in [6.45, 7) is 1.29. The van der Waals surface area contributed by atoms with E-state index in [1.807, 2.05) is 30.3 Å². The summed E-state index contributed by atoms with van der Waals surface area (Å²) < 4.78 is 76.5. The molecular formula is C32H31F5O2. The predicted octanol–water partition coefficient (Wildman–Crippen LogP) is 8.81. The second kappa shape index (κ2) is 13.0. The zero-order valence-corrected chi connectivity index (χ0v) is 21.8. The van der Waals surface area contributed by atoms with Crippen LogP contribution in [0.15, 0.2) is 72.8 Å².